The molecular weight excluding hydrogens is 935 g/mol. The molecule has 1 rings (SSSR count). The van der Waals surface area contributed by atoms with Crippen molar-refractivity contribution in [2.45, 2.75) is 339 Å². The van der Waals surface area contributed by atoms with Gasteiger partial charge in [-0.2, -0.15) is 0 Å². The molecule has 1 amide bonds. The predicted octanol–water partition coefficient (Wildman–Crippen LogP) is 16.6. The highest BCUT2D eigenvalue weighted by molar-refractivity contribution is 5.76. The molecule has 0 aromatic carbocycles. The highest BCUT2D eigenvalue weighted by atomic mass is 16.7. The van der Waals surface area contributed by atoms with E-state index in [1.165, 1.54) is 218 Å². The van der Waals surface area contributed by atoms with Crippen molar-refractivity contribution in [3.8, 4) is 0 Å². The molecule has 0 saturated carbocycles. The number of hydrogen-bond donors (Lipinski definition) is 6. The van der Waals surface area contributed by atoms with Gasteiger partial charge in [-0.05, 0) is 77.0 Å². The third-order valence-corrected chi connectivity index (χ3v) is 15.0. The zero-order chi connectivity index (χ0) is 54.3. The maximum Gasteiger partial charge on any atom is 0.220 e. The molecule has 1 heterocycles. The molecule has 7 unspecified atom stereocenters. The van der Waals surface area contributed by atoms with Crippen LogP contribution in [0.3, 0.4) is 0 Å². The predicted molar refractivity (Wildman–Crippen MR) is 318 cm³/mol. The molecule has 1 aliphatic rings. The smallest absolute Gasteiger partial charge is 0.220 e. The van der Waals surface area contributed by atoms with Gasteiger partial charge in [0.15, 0.2) is 6.29 Å². The Balaban J connectivity index is 2.05. The van der Waals surface area contributed by atoms with E-state index in [4.69, 9.17) is 9.47 Å². The number of allylic oxidation sites excluding steroid dienone is 9. The number of nitrogens with one attached hydrogen (secondary N) is 1. The second-order valence-electron chi connectivity index (χ2n) is 22.2. The van der Waals surface area contributed by atoms with Crippen molar-refractivity contribution in [1.82, 2.24) is 5.32 Å². The van der Waals surface area contributed by atoms with Crippen molar-refractivity contribution in [2.75, 3.05) is 13.2 Å². The molecule has 0 aromatic heterocycles. The third kappa shape index (κ3) is 44.4. The van der Waals surface area contributed by atoms with Crippen molar-refractivity contribution in [3.63, 3.8) is 0 Å². The van der Waals surface area contributed by atoms with Crippen molar-refractivity contribution in [2.24, 2.45) is 0 Å². The molecule has 1 saturated heterocycles. The standard InChI is InChI=1S/C66H121NO8/c1-3-5-7-9-11-13-15-17-18-19-20-21-22-23-24-25-26-27-28-29-30-31-32-33-34-35-36-37-38-39-40-41-42-44-46-48-50-52-54-56-62(70)67-59(58-74-66-65(73)64(72)63(71)61(57-68)75-66)60(69)55-53-51-49-47-45-43-16-14-12-10-8-6-4-2/h12,14,26-27,29-30,45,47,53,55,59-61,63-66,68-69,71-73H,3-11,13,15-25,28,31-44,46,48-52,54,56-58H2,1-2H3,(H,67,70)/b14-12+,27-26-,30-29-,47-45+,55-53+. The molecule has 75 heavy (non-hydrogen) atoms. The van der Waals surface area contributed by atoms with Gasteiger partial charge in [-0.1, -0.05) is 274 Å². The number of rotatable bonds is 55. The number of carbonyl (C=O) groups excluding carboxylic acids is 1. The lowest BCUT2D eigenvalue weighted by atomic mass is 9.99. The number of amides is 1. The second-order valence-corrected chi connectivity index (χ2v) is 22.2. The summed E-state index contributed by atoms with van der Waals surface area (Å²) in [5.74, 6) is -0.190. The summed E-state index contributed by atoms with van der Waals surface area (Å²) >= 11 is 0. The average molecular weight is 1060 g/mol. The van der Waals surface area contributed by atoms with E-state index >= 15 is 0 Å². The minimum Gasteiger partial charge on any atom is -0.394 e. The summed E-state index contributed by atoms with van der Waals surface area (Å²) in [4.78, 5) is 13.0. The van der Waals surface area contributed by atoms with Gasteiger partial charge in [-0.15, -0.1) is 0 Å². The number of unbranched alkanes of at least 4 members (excludes halogenated alkanes) is 37. The van der Waals surface area contributed by atoms with Gasteiger partial charge in [0.2, 0.25) is 5.91 Å². The molecular formula is C66H121NO8. The first kappa shape index (κ1) is 70.9. The first-order valence-electron chi connectivity index (χ1n) is 32.0. The molecule has 7 atom stereocenters. The monoisotopic (exact) mass is 1060 g/mol. The van der Waals surface area contributed by atoms with Crippen LogP contribution in [0.2, 0.25) is 0 Å². The number of carbonyl (C=O) groups is 1. The summed E-state index contributed by atoms with van der Waals surface area (Å²) in [6.45, 7) is 3.74. The maximum absolute atomic E-state index is 13.0. The van der Waals surface area contributed by atoms with Gasteiger partial charge in [-0.3, -0.25) is 4.79 Å². The van der Waals surface area contributed by atoms with Crippen molar-refractivity contribution < 1.29 is 39.8 Å². The zero-order valence-corrected chi connectivity index (χ0v) is 48.8. The van der Waals surface area contributed by atoms with Crippen molar-refractivity contribution in [3.05, 3.63) is 60.8 Å². The number of aliphatic hydroxyl groups is 5. The van der Waals surface area contributed by atoms with E-state index in [1.54, 1.807) is 6.08 Å². The fourth-order valence-electron chi connectivity index (χ4n) is 9.99. The van der Waals surface area contributed by atoms with E-state index < -0.39 is 49.5 Å². The summed E-state index contributed by atoms with van der Waals surface area (Å²) in [5.41, 5.74) is 0. The zero-order valence-electron chi connectivity index (χ0n) is 48.8. The van der Waals surface area contributed by atoms with E-state index in [9.17, 15) is 30.3 Å². The second kappa shape index (κ2) is 55.2. The third-order valence-electron chi connectivity index (χ3n) is 15.0. The van der Waals surface area contributed by atoms with Gasteiger partial charge >= 0.3 is 0 Å². The van der Waals surface area contributed by atoms with Crippen LogP contribution in [0.15, 0.2) is 60.8 Å². The van der Waals surface area contributed by atoms with E-state index in [2.05, 4.69) is 67.8 Å². The minimum absolute atomic E-state index is 0.190. The summed E-state index contributed by atoms with van der Waals surface area (Å²) in [6.07, 6.45) is 69.1. The number of ether oxygens (including phenoxy) is 2. The highest BCUT2D eigenvalue weighted by Crippen LogP contribution is 2.23. The molecule has 0 aliphatic carbocycles. The molecule has 1 aliphatic heterocycles. The molecule has 6 N–H and O–H groups in total. The summed E-state index contributed by atoms with van der Waals surface area (Å²) in [5, 5.41) is 54.4. The Morgan fingerprint density at radius 3 is 1.23 bits per heavy atom. The maximum atomic E-state index is 13.0. The van der Waals surface area contributed by atoms with Crippen LogP contribution < -0.4 is 5.32 Å². The first-order valence-corrected chi connectivity index (χ1v) is 32.0. The molecule has 0 radical (unpaired) electrons. The van der Waals surface area contributed by atoms with E-state index in [-0.39, 0.29) is 12.5 Å². The summed E-state index contributed by atoms with van der Waals surface area (Å²) in [6, 6.07) is -0.829. The molecule has 0 spiro atoms. The average Bonchev–Trinajstić information content (AvgIpc) is 3.41. The van der Waals surface area contributed by atoms with Crippen molar-refractivity contribution in [1.29, 1.82) is 0 Å². The van der Waals surface area contributed by atoms with Gasteiger partial charge in [0, 0.05) is 6.42 Å². The molecule has 0 aromatic rings. The van der Waals surface area contributed by atoms with Crippen LogP contribution in [0, 0.1) is 0 Å². The SMILES string of the molecule is CCCCC/C=C/CC/C=C/CC/C=C/C(O)C(COC1OC(CO)C(O)C(O)C1O)NC(=O)CCCCCCCCCCCCCCCCCCC/C=C\C/C=C\CCCCCCCCCCCCCCCCC. The van der Waals surface area contributed by atoms with Gasteiger partial charge in [0.05, 0.1) is 25.4 Å². The highest BCUT2D eigenvalue weighted by Gasteiger charge is 2.44. The van der Waals surface area contributed by atoms with E-state index in [0.29, 0.717) is 6.42 Å². The molecule has 0 bridgehead atoms. The lowest BCUT2D eigenvalue weighted by Gasteiger charge is -2.40. The molecule has 1 fully saturated rings. The normalized spacial score (nSPS) is 19.3. The fourth-order valence-corrected chi connectivity index (χ4v) is 9.99. The van der Waals surface area contributed by atoms with E-state index in [1.807, 2.05) is 6.08 Å². The fraction of sp³-hybridized carbons (Fsp3) is 0.833. The van der Waals surface area contributed by atoms with Crippen LogP contribution >= 0.6 is 0 Å². The van der Waals surface area contributed by atoms with Crippen LogP contribution in [0.4, 0.5) is 0 Å². The minimum atomic E-state index is -1.58. The molecule has 438 valence electrons. The first-order chi connectivity index (χ1) is 36.8. The van der Waals surface area contributed by atoms with Crippen LogP contribution in [0.5, 0.6) is 0 Å². The van der Waals surface area contributed by atoms with Crippen LogP contribution in [0.25, 0.3) is 0 Å². The van der Waals surface area contributed by atoms with Gasteiger partial charge in [0.1, 0.15) is 24.4 Å². The Bertz CT molecular complexity index is 1360. The lowest BCUT2D eigenvalue weighted by molar-refractivity contribution is -0.302. The van der Waals surface area contributed by atoms with Crippen molar-refractivity contribution >= 4 is 5.91 Å². The molecule has 9 nitrogen and oxygen atoms in total. The Hall–Kier alpha value is -2.11. The van der Waals surface area contributed by atoms with Gasteiger partial charge in [0.25, 0.3) is 0 Å². The Morgan fingerprint density at radius 1 is 0.453 bits per heavy atom. The van der Waals surface area contributed by atoms with E-state index in [0.717, 1.165) is 57.8 Å². The topological polar surface area (TPSA) is 149 Å². The Kier molecular flexibility index (Phi) is 52.2. The van der Waals surface area contributed by atoms with Gasteiger partial charge in [-0.25, -0.2) is 0 Å². The summed E-state index contributed by atoms with van der Waals surface area (Å²) < 4.78 is 11.2. The Labute approximate surface area is 462 Å². The largest absolute Gasteiger partial charge is 0.394 e. The lowest BCUT2D eigenvalue weighted by Crippen LogP contribution is -2.60. The molecule has 9 heteroatoms. The Morgan fingerprint density at radius 2 is 0.800 bits per heavy atom. The summed E-state index contributed by atoms with van der Waals surface area (Å²) in [7, 11) is 0. The number of aliphatic hydroxyl groups excluding tert-OH is 5. The van der Waals surface area contributed by atoms with Crippen LogP contribution in [-0.4, -0.2) is 87.5 Å². The van der Waals surface area contributed by atoms with Crippen LogP contribution in [0.1, 0.15) is 296 Å². The van der Waals surface area contributed by atoms with Gasteiger partial charge < -0.3 is 40.3 Å². The van der Waals surface area contributed by atoms with Crippen LogP contribution in [-0.2, 0) is 14.3 Å². The number of hydrogen-bond acceptors (Lipinski definition) is 8. The quantitative estimate of drug-likeness (QED) is 0.0261.